The Morgan fingerprint density at radius 3 is 2.82 bits per heavy atom. The SMILES string of the molecule is CCC(=O)N[C@H]1CCN(c2cccc(OC(F)(F)F)c2)C1=O. The Morgan fingerprint density at radius 2 is 2.18 bits per heavy atom. The Balaban J connectivity index is 2.11. The van der Waals surface area contributed by atoms with E-state index in [1.54, 1.807) is 6.92 Å². The predicted molar refractivity (Wildman–Crippen MR) is 72.3 cm³/mol. The number of hydrogen-bond donors (Lipinski definition) is 1. The minimum atomic E-state index is -4.79. The zero-order valence-corrected chi connectivity index (χ0v) is 11.8. The van der Waals surface area contributed by atoms with Crippen LogP contribution in [0, 0.1) is 0 Å². The van der Waals surface area contributed by atoms with E-state index in [9.17, 15) is 22.8 Å². The number of hydrogen-bond acceptors (Lipinski definition) is 3. The maximum absolute atomic E-state index is 12.2. The fourth-order valence-corrected chi connectivity index (χ4v) is 2.22. The number of rotatable bonds is 4. The molecule has 1 aromatic rings. The van der Waals surface area contributed by atoms with Crippen molar-refractivity contribution in [3.05, 3.63) is 24.3 Å². The van der Waals surface area contributed by atoms with E-state index in [2.05, 4.69) is 10.1 Å². The van der Waals surface area contributed by atoms with Gasteiger partial charge in [0.25, 0.3) is 0 Å². The summed E-state index contributed by atoms with van der Waals surface area (Å²) in [7, 11) is 0. The Labute approximate surface area is 125 Å². The van der Waals surface area contributed by atoms with Gasteiger partial charge in [-0.2, -0.15) is 0 Å². The molecule has 1 atom stereocenters. The van der Waals surface area contributed by atoms with Crippen molar-refractivity contribution < 1.29 is 27.5 Å². The quantitative estimate of drug-likeness (QED) is 0.926. The fourth-order valence-electron chi connectivity index (χ4n) is 2.22. The standard InChI is InChI=1S/C14H15F3N2O3/c1-2-12(20)18-11-6-7-19(13(11)21)9-4-3-5-10(8-9)22-14(15,16)17/h3-5,8,11H,2,6-7H2,1H3,(H,18,20)/t11-/m0/s1. The molecule has 0 bridgehead atoms. The lowest BCUT2D eigenvalue weighted by molar-refractivity contribution is -0.274. The van der Waals surface area contributed by atoms with Gasteiger partial charge >= 0.3 is 6.36 Å². The average molecular weight is 316 g/mol. The molecule has 22 heavy (non-hydrogen) atoms. The highest BCUT2D eigenvalue weighted by molar-refractivity contribution is 6.01. The lowest BCUT2D eigenvalue weighted by Gasteiger charge is -2.18. The van der Waals surface area contributed by atoms with Gasteiger partial charge in [-0.05, 0) is 18.6 Å². The van der Waals surface area contributed by atoms with E-state index in [1.165, 1.54) is 17.0 Å². The van der Waals surface area contributed by atoms with Crippen LogP contribution < -0.4 is 15.0 Å². The summed E-state index contributed by atoms with van der Waals surface area (Å²) in [6, 6.07) is 4.57. The van der Waals surface area contributed by atoms with E-state index in [0.29, 0.717) is 18.7 Å². The van der Waals surface area contributed by atoms with Crippen LogP contribution in [0.3, 0.4) is 0 Å². The Bertz CT molecular complexity index is 575. The maximum atomic E-state index is 12.2. The van der Waals surface area contributed by atoms with Crippen LogP contribution in [0.2, 0.25) is 0 Å². The molecule has 1 aliphatic rings. The number of anilines is 1. The third-order valence-electron chi connectivity index (χ3n) is 3.22. The molecule has 1 saturated heterocycles. The van der Waals surface area contributed by atoms with Crippen LogP contribution in [0.5, 0.6) is 5.75 Å². The molecule has 120 valence electrons. The van der Waals surface area contributed by atoms with Crippen LogP contribution in [0.1, 0.15) is 19.8 Å². The number of benzene rings is 1. The van der Waals surface area contributed by atoms with Crippen molar-refractivity contribution >= 4 is 17.5 Å². The number of nitrogens with zero attached hydrogens (tertiary/aromatic N) is 1. The van der Waals surface area contributed by atoms with Crippen LogP contribution in [-0.2, 0) is 9.59 Å². The van der Waals surface area contributed by atoms with Crippen molar-refractivity contribution in [3.8, 4) is 5.75 Å². The van der Waals surface area contributed by atoms with Crippen molar-refractivity contribution in [1.82, 2.24) is 5.32 Å². The summed E-state index contributed by atoms with van der Waals surface area (Å²) >= 11 is 0. The molecule has 1 aromatic carbocycles. The zero-order chi connectivity index (χ0) is 16.3. The van der Waals surface area contributed by atoms with Crippen LogP contribution in [-0.4, -0.2) is 30.8 Å². The Kier molecular flexibility index (Phi) is 4.58. The van der Waals surface area contributed by atoms with E-state index in [0.717, 1.165) is 12.1 Å². The van der Waals surface area contributed by atoms with Gasteiger partial charge in [0, 0.05) is 24.7 Å². The van der Waals surface area contributed by atoms with Crippen LogP contribution in [0.15, 0.2) is 24.3 Å². The molecule has 1 heterocycles. The van der Waals surface area contributed by atoms with E-state index in [-0.39, 0.29) is 24.0 Å². The molecular formula is C14H15F3N2O3. The van der Waals surface area contributed by atoms with Crippen LogP contribution in [0.4, 0.5) is 18.9 Å². The summed E-state index contributed by atoms with van der Waals surface area (Å²) in [4.78, 5) is 24.9. The summed E-state index contributed by atoms with van der Waals surface area (Å²) in [6.45, 7) is 1.99. The average Bonchev–Trinajstić information content (AvgIpc) is 2.78. The van der Waals surface area contributed by atoms with E-state index in [4.69, 9.17) is 0 Å². The largest absolute Gasteiger partial charge is 0.573 e. The van der Waals surface area contributed by atoms with E-state index < -0.39 is 12.4 Å². The van der Waals surface area contributed by atoms with Gasteiger partial charge in [0.15, 0.2) is 0 Å². The second-order valence-electron chi connectivity index (χ2n) is 4.80. The second-order valence-corrected chi connectivity index (χ2v) is 4.80. The topological polar surface area (TPSA) is 58.6 Å². The summed E-state index contributed by atoms with van der Waals surface area (Å²) in [6.07, 6.45) is -4.11. The number of nitrogens with one attached hydrogen (secondary N) is 1. The molecular weight excluding hydrogens is 301 g/mol. The second kappa shape index (κ2) is 6.25. The van der Waals surface area contributed by atoms with E-state index in [1.807, 2.05) is 0 Å². The summed E-state index contributed by atoms with van der Waals surface area (Å²) in [5, 5.41) is 2.59. The van der Waals surface area contributed by atoms with Gasteiger partial charge in [0.1, 0.15) is 11.8 Å². The third-order valence-corrected chi connectivity index (χ3v) is 3.22. The molecule has 0 spiro atoms. The minimum absolute atomic E-state index is 0.241. The lowest BCUT2D eigenvalue weighted by atomic mass is 10.2. The Hall–Kier alpha value is -2.25. The molecule has 8 heteroatoms. The molecule has 0 aromatic heterocycles. The van der Waals surface area contributed by atoms with Gasteiger partial charge in [-0.1, -0.05) is 13.0 Å². The highest BCUT2D eigenvalue weighted by Crippen LogP contribution is 2.29. The number of alkyl halides is 3. The molecule has 5 nitrogen and oxygen atoms in total. The first-order valence-electron chi connectivity index (χ1n) is 6.76. The highest BCUT2D eigenvalue weighted by Gasteiger charge is 2.34. The van der Waals surface area contributed by atoms with Crippen molar-refractivity contribution in [2.24, 2.45) is 0 Å². The minimum Gasteiger partial charge on any atom is -0.406 e. The molecule has 1 fully saturated rings. The molecule has 0 aliphatic carbocycles. The lowest BCUT2D eigenvalue weighted by Crippen LogP contribution is -2.41. The molecule has 0 saturated carbocycles. The van der Waals surface area contributed by atoms with Gasteiger partial charge < -0.3 is 15.0 Å². The van der Waals surface area contributed by atoms with Crippen LogP contribution in [0.25, 0.3) is 0 Å². The molecule has 0 unspecified atom stereocenters. The molecule has 1 N–H and O–H groups in total. The Morgan fingerprint density at radius 1 is 1.45 bits per heavy atom. The van der Waals surface area contributed by atoms with Gasteiger partial charge in [-0.25, -0.2) is 0 Å². The maximum Gasteiger partial charge on any atom is 0.573 e. The van der Waals surface area contributed by atoms with Crippen molar-refractivity contribution in [1.29, 1.82) is 0 Å². The van der Waals surface area contributed by atoms with Crippen molar-refractivity contribution in [2.75, 3.05) is 11.4 Å². The van der Waals surface area contributed by atoms with Gasteiger partial charge in [-0.3, -0.25) is 9.59 Å². The number of ether oxygens (including phenoxy) is 1. The molecule has 1 aliphatic heterocycles. The fraction of sp³-hybridized carbons (Fsp3) is 0.429. The van der Waals surface area contributed by atoms with Gasteiger partial charge in [-0.15, -0.1) is 13.2 Å². The van der Waals surface area contributed by atoms with E-state index >= 15 is 0 Å². The highest BCUT2D eigenvalue weighted by atomic mass is 19.4. The first-order valence-corrected chi connectivity index (χ1v) is 6.76. The monoisotopic (exact) mass is 316 g/mol. The van der Waals surface area contributed by atoms with Crippen molar-refractivity contribution in [2.45, 2.75) is 32.2 Å². The summed E-state index contributed by atoms with van der Waals surface area (Å²) in [5.74, 6) is -0.973. The van der Waals surface area contributed by atoms with Crippen molar-refractivity contribution in [3.63, 3.8) is 0 Å². The normalized spacial score (nSPS) is 18.5. The third kappa shape index (κ3) is 3.90. The summed E-state index contributed by atoms with van der Waals surface area (Å²) < 4.78 is 40.5. The number of carbonyl (C=O) groups excluding carboxylic acids is 2. The van der Waals surface area contributed by atoms with Crippen LogP contribution >= 0.6 is 0 Å². The first kappa shape index (κ1) is 16.1. The predicted octanol–water partition coefficient (Wildman–Crippen LogP) is 2.22. The zero-order valence-electron chi connectivity index (χ0n) is 11.8. The number of carbonyl (C=O) groups is 2. The summed E-state index contributed by atoms with van der Waals surface area (Å²) in [5.41, 5.74) is 0.306. The van der Waals surface area contributed by atoms with Gasteiger partial charge in [0.05, 0.1) is 0 Å². The molecule has 2 rings (SSSR count). The first-order chi connectivity index (χ1) is 10.3. The molecule has 2 amide bonds. The molecule has 0 radical (unpaired) electrons. The number of amides is 2. The smallest absolute Gasteiger partial charge is 0.406 e. The van der Waals surface area contributed by atoms with Gasteiger partial charge in [0.2, 0.25) is 11.8 Å². The number of halogens is 3.